The summed E-state index contributed by atoms with van der Waals surface area (Å²) >= 11 is 3.07. The quantitative estimate of drug-likeness (QED) is 0.444. The van der Waals surface area contributed by atoms with Crippen molar-refractivity contribution in [1.82, 2.24) is 9.97 Å². The molecule has 5 nitrogen and oxygen atoms in total. The molecule has 1 aromatic heterocycles. The molecular weight excluding hydrogens is 250 g/mol. The predicted octanol–water partition coefficient (Wildman–Crippen LogP) is 2.30. The van der Waals surface area contributed by atoms with E-state index in [1.807, 2.05) is 0 Å². The SMILES string of the molecule is O=[N+]([O-])c1cccc2cnc(Br)nc12. The molecule has 0 N–H and O–H groups in total. The van der Waals surface area contributed by atoms with E-state index in [0.717, 1.165) is 0 Å². The molecule has 6 heteroatoms. The third-order valence-corrected chi connectivity index (χ3v) is 2.14. The van der Waals surface area contributed by atoms with Crippen molar-refractivity contribution in [2.24, 2.45) is 0 Å². The third-order valence-electron chi connectivity index (χ3n) is 1.76. The van der Waals surface area contributed by atoms with Crippen LogP contribution in [0, 0.1) is 10.1 Å². The molecule has 2 aromatic rings. The Morgan fingerprint density at radius 2 is 2.21 bits per heavy atom. The number of hydrogen-bond acceptors (Lipinski definition) is 4. The minimum Gasteiger partial charge on any atom is -0.258 e. The highest BCUT2D eigenvalue weighted by molar-refractivity contribution is 9.10. The lowest BCUT2D eigenvalue weighted by Crippen LogP contribution is -1.92. The normalized spacial score (nSPS) is 10.4. The van der Waals surface area contributed by atoms with Gasteiger partial charge in [-0.2, -0.15) is 0 Å². The summed E-state index contributed by atoms with van der Waals surface area (Å²) in [4.78, 5) is 18.1. The summed E-state index contributed by atoms with van der Waals surface area (Å²) in [5.41, 5.74) is 0.338. The summed E-state index contributed by atoms with van der Waals surface area (Å²) in [6, 6.07) is 4.76. The second-order valence-corrected chi connectivity index (χ2v) is 3.32. The minimum atomic E-state index is -0.457. The summed E-state index contributed by atoms with van der Waals surface area (Å²) < 4.78 is 0.347. The Morgan fingerprint density at radius 3 is 2.93 bits per heavy atom. The van der Waals surface area contributed by atoms with Gasteiger partial charge < -0.3 is 0 Å². The lowest BCUT2D eigenvalue weighted by molar-refractivity contribution is -0.383. The van der Waals surface area contributed by atoms with Gasteiger partial charge in [0.1, 0.15) is 0 Å². The second-order valence-electron chi connectivity index (χ2n) is 2.61. The molecule has 0 bridgehead atoms. The number of aromatic nitrogens is 2. The summed E-state index contributed by atoms with van der Waals surface area (Å²) in [6.45, 7) is 0. The Bertz CT molecular complexity index is 515. The van der Waals surface area contributed by atoms with Gasteiger partial charge in [-0.3, -0.25) is 10.1 Å². The van der Waals surface area contributed by atoms with Crippen LogP contribution in [0.15, 0.2) is 29.1 Å². The van der Waals surface area contributed by atoms with Crippen molar-refractivity contribution in [1.29, 1.82) is 0 Å². The van der Waals surface area contributed by atoms with Crippen molar-refractivity contribution in [3.8, 4) is 0 Å². The zero-order valence-electron chi connectivity index (χ0n) is 6.85. The van der Waals surface area contributed by atoms with E-state index >= 15 is 0 Å². The number of halogens is 1. The van der Waals surface area contributed by atoms with Crippen LogP contribution in [-0.4, -0.2) is 14.9 Å². The number of nitrogens with zero attached hydrogens (tertiary/aromatic N) is 3. The molecule has 0 amide bonds. The Hall–Kier alpha value is -1.56. The first-order valence-electron chi connectivity index (χ1n) is 3.74. The van der Waals surface area contributed by atoms with Crippen molar-refractivity contribution < 1.29 is 4.92 Å². The fourth-order valence-electron chi connectivity index (χ4n) is 1.17. The number of nitro groups is 1. The highest BCUT2D eigenvalue weighted by Gasteiger charge is 2.12. The van der Waals surface area contributed by atoms with Crippen LogP contribution in [0.3, 0.4) is 0 Å². The maximum Gasteiger partial charge on any atom is 0.295 e. The molecule has 1 aromatic carbocycles. The average molecular weight is 254 g/mol. The summed E-state index contributed by atoms with van der Waals surface area (Å²) in [5.74, 6) is 0. The van der Waals surface area contributed by atoms with Gasteiger partial charge in [0, 0.05) is 17.6 Å². The van der Waals surface area contributed by atoms with Crippen LogP contribution in [0.1, 0.15) is 0 Å². The van der Waals surface area contributed by atoms with Gasteiger partial charge >= 0.3 is 0 Å². The highest BCUT2D eigenvalue weighted by atomic mass is 79.9. The van der Waals surface area contributed by atoms with E-state index in [0.29, 0.717) is 15.6 Å². The predicted molar refractivity (Wildman–Crippen MR) is 53.9 cm³/mol. The van der Waals surface area contributed by atoms with E-state index in [-0.39, 0.29) is 5.69 Å². The first kappa shape index (κ1) is 9.01. The lowest BCUT2D eigenvalue weighted by Gasteiger charge is -1.97. The highest BCUT2D eigenvalue weighted by Crippen LogP contribution is 2.23. The average Bonchev–Trinajstić information content (AvgIpc) is 2.16. The number of non-ortho nitro benzene ring substituents is 1. The fraction of sp³-hybridized carbons (Fsp3) is 0. The molecule has 0 spiro atoms. The van der Waals surface area contributed by atoms with Gasteiger partial charge in [-0.25, -0.2) is 9.97 Å². The molecule has 1 heterocycles. The van der Waals surface area contributed by atoms with Crippen molar-refractivity contribution in [3.05, 3.63) is 39.2 Å². The molecule has 0 atom stereocenters. The molecule has 0 radical (unpaired) electrons. The number of fused-ring (bicyclic) bond motifs is 1. The summed E-state index contributed by atoms with van der Waals surface area (Å²) in [6.07, 6.45) is 1.54. The molecule has 0 aliphatic rings. The van der Waals surface area contributed by atoms with Crippen LogP contribution in [-0.2, 0) is 0 Å². The molecule has 0 saturated carbocycles. The smallest absolute Gasteiger partial charge is 0.258 e. The molecule has 0 saturated heterocycles. The van der Waals surface area contributed by atoms with Crippen LogP contribution < -0.4 is 0 Å². The second kappa shape index (κ2) is 3.30. The molecule has 0 unspecified atom stereocenters. The largest absolute Gasteiger partial charge is 0.295 e. The first-order valence-corrected chi connectivity index (χ1v) is 4.53. The van der Waals surface area contributed by atoms with Gasteiger partial charge in [-0.05, 0) is 15.9 Å². The van der Waals surface area contributed by atoms with Crippen LogP contribution >= 0.6 is 15.9 Å². The number of benzene rings is 1. The Labute approximate surface area is 87.1 Å². The summed E-state index contributed by atoms with van der Waals surface area (Å²) in [5, 5.41) is 11.3. The molecule has 14 heavy (non-hydrogen) atoms. The number of para-hydroxylation sites is 1. The maximum atomic E-state index is 10.7. The summed E-state index contributed by atoms with van der Waals surface area (Å²) in [7, 11) is 0. The van der Waals surface area contributed by atoms with Gasteiger partial charge in [0.15, 0.2) is 10.3 Å². The standard InChI is InChI=1S/C8H4BrN3O2/c9-8-10-4-5-2-1-3-6(12(13)14)7(5)11-8/h1-4H. The first-order chi connectivity index (χ1) is 6.68. The monoisotopic (exact) mass is 253 g/mol. The van der Waals surface area contributed by atoms with E-state index in [1.54, 1.807) is 18.3 Å². The van der Waals surface area contributed by atoms with Crippen molar-refractivity contribution in [2.75, 3.05) is 0 Å². The van der Waals surface area contributed by atoms with Crippen LogP contribution in [0.5, 0.6) is 0 Å². The van der Waals surface area contributed by atoms with E-state index in [1.165, 1.54) is 6.07 Å². The van der Waals surface area contributed by atoms with E-state index in [2.05, 4.69) is 25.9 Å². The van der Waals surface area contributed by atoms with Gasteiger partial charge in [0.05, 0.1) is 4.92 Å². The van der Waals surface area contributed by atoms with E-state index < -0.39 is 4.92 Å². The Kier molecular flexibility index (Phi) is 2.12. The molecular formula is C8H4BrN3O2. The lowest BCUT2D eigenvalue weighted by atomic mass is 10.2. The van der Waals surface area contributed by atoms with Gasteiger partial charge in [0.25, 0.3) is 5.69 Å². The molecule has 2 rings (SSSR count). The van der Waals surface area contributed by atoms with Gasteiger partial charge in [-0.15, -0.1) is 0 Å². The topological polar surface area (TPSA) is 68.9 Å². The number of hydrogen-bond donors (Lipinski definition) is 0. The minimum absolute atomic E-state index is 0.00870. The third kappa shape index (κ3) is 1.44. The van der Waals surface area contributed by atoms with Crippen molar-refractivity contribution in [3.63, 3.8) is 0 Å². The molecule has 0 aliphatic carbocycles. The fourth-order valence-corrected chi connectivity index (χ4v) is 1.45. The van der Waals surface area contributed by atoms with Crippen molar-refractivity contribution >= 4 is 32.5 Å². The Balaban J connectivity index is 2.84. The van der Waals surface area contributed by atoms with E-state index in [9.17, 15) is 10.1 Å². The molecule has 70 valence electrons. The number of rotatable bonds is 1. The zero-order valence-corrected chi connectivity index (χ0v) is 8.43. The van der Waals surface area contributed by atoms with Gasteiger partial charge in [0.2, 0.25) is 0 Å². The molecule has 0 aliphatic heterocycles. The molecule has 0 fully saturated rings. The van der Waals surface area contributed by atoms with Crippen LogP contribution in [0.2, 0.25) is 0 Å². The van der Waals surface area contributed by atoms with Crippen LogP contribution in [0.25, 0.3) is 10.9 Å². The number of nitro benzene ring substituents is 1. The van der Waals surface area contributed by atoms with Crippen LogP contribution in [0.4, 0.5) is 5.69 Å². The maximum absolute atomic E-state index is 10.7. The van der Waals surface area contributed by atoms with Gasteiger partial charge in [-0.1, -0.05) is 12.1 Å². The van der Waals surface area contributed by atoms with Crippen molar-refractivity contribution in [2.45, 2.75) is 0 Å². The Morgan fingerprint density at radius 1 is 1.43 bits per heavy atom. The zero-order chi connectivity index (χ0) is 10.1. The van der Waals surface area contributed by atoms with E-state index in [4.69, 9.17) is 0 Å².